The van der Waals surface area contributed by atoms with E-state index in [1.165, 1.54) is 10.5 Å². The Bertz CT molecular complexity index is 1120. The highest BCUT2D eigenvalue weighted by Crippen LogP contribution is 2.47. The number of β-lactam (4-membered cyclic amide) rings is 1. The predicted molar refractivity (Wildman–Crippen MR) is 131 cm³/mol. The van der Waals surface area contributed by atoms with Crippen molar-refractivity contribution < 1.29 is 24.5 Å². The second kappa shape index (κ2) is 9.76. The van der Waals surface area contributed by atoms with Crippen LogP contribution in [0, 0.1) is 11.8 Å². The molecule has 0 spiro atoms. The summed E-state index contributed by atoms with van der Waals surface area (Å²) in [6, 6.07) is 11.8. The third-order valence-corrected chi connectivity index (χ3v) is 7.47. The summed E-state index contributed by atoms with van der Waals surface area (Å²) < 4.78 is 6.20. The maximum absolute atomic E-state index is 12.6. The maximum atomic E-state index is 12.6. The summed E-state index contributed by atoms with van der Waals surface area (Å²) in [6.07, 6.45) is 0.118. The molecule has 0 unspecified atom stereocenters. The van der Waals surface area contributed by atoms with E-state index >= 15 is 0 Å². The quantitative estimate of drug-likeness (QED) is 0.522. The van der Waals surface area contributed by atoms with Crippen molar-refractivity contribution in [1.82, 2.24) is 9.80 Å². The number of aliphatic carboxylic acids is 1. The van der Waals surface area contributed by atoms with Crippen molar-refractivity contribution in [1.29, 1.82) is 0 Å². The van der Waals surface area contributed by atoms with E-state index in [2.05, 4.69) is 30.9 Å². The summed E-state index contributed by atoms with van der Waals surface area (Å²) in [5.41, 5.74) is 1.84. The number of benzene rings is 2. The molecule has 34 heavy (non-hydrogen) atoms. The molecule has 4 rings (SSSR count). The number of carboxylic acids is 1. The van der Waals surface area contributed by atoms with Crippen LogP contribution in [-0.2, 0) is 16.0 Å². The number of hydrogen-bond donors (Lipinski definition) is 2. The van der Waals surface area contributed by atoms with Crippen LogP contribution in [0.5, 0.6) is 5.75 Å². The third kappa shape index (κ3) is 4.07. The largest absolute Gasteiger partial charge is 0.488 e. The number of aliphatic hydroxyl groups excluding tert-OH is 1. The number of ether oxygens (including phenoxy) is 1. The lowest BCUT2D eigenvalue weighted by atomic mass is 9.78. The minimum absolute atomic E-state index is 0.000418. The Morgan fingerprint density at radius 2 is 1.82 bits per heavy atom. The van der Waals surface area contributed by atoms with Gasteiger partial charge in [0.25, 0.3) is 0 Å². The van der Waals surface area contributed by atoms with Crippen molar-refractivity contribution in [3.05, 3.63) is 53.2 Å². The van der Waals surface area contributed by atoms with Gasteiger partial charge >= 0.3 is 5.97 Å². The first-order valence-electron chi connectivity index (χ1n) is 12.1. The fourth-order valence-corrected chi connectivity index (χ4v) is 5.50. The van der Waals surface area contributed by atoms with Crippen LogP contribution >= 0.6 is 0 Å². The number of carbonyl (C=O) groups excluding carboxylic acids is 1. The summed E-state index contributed by atoms with van der Waals surface area (Å²) in [5.74, 6) is -1.56. The zero-order chi connectivity index (χ0) is 24.6. The molecule has 2 aliphatic heterocycles. The fraction of sp³-hybridized carbons (Fsp3) is 0.481. The summed E-state index contributed by atoms with van der Waals surface area (Å²) in [6.45, 7) is 10.9. The van der Waals surface area contributed by atoms with Gasteiger partial charge < -0.3 is 24.7 Å². The molecule has 1 fully saturated rings. The van der Waals surface area contributed by atoms with Gasteiger partial charge in [-0.05, 0) is 43.5 Å². The van der Waals surface area contributed by atoms with Crippen molar-refractivity contribution in [3.8, 4) is 5.75 Å². The van der Waals surface area contributed by atoms with Crippen LogP contribution in [0.1, 0.15) is 33.3 Å². The van der Waals surface area contributed by atoms with Gasteiger partial charge in [0.05, 0.1) is 18.1 Å². The topological polar surface area (TPSA) is 90.3 Å². The molecule has 0 aliphatic carbocycles. The molecular weight excluding hydrogens is 432 g/mol. The fourth-order valence-electron chi connectivity index (χ4n) is 5.50. The molecule has 7 nitrogen and oxygen atoms in total. The summed E-state index contributed by atoms with van der Waals surface area (Å²) >= 11 is 0. The van der Waals surface area contributed by atoms with E-state index in [-0.39, 0.29) is 30.2 Å². The second-order valence-corrected chi connectivity index (χ2v) is 9.27. The third-order valence-electron chi connectivity index (χ3n) is 7.47. The lowest BCUT2D eigenvalue weighted by Gasteiger charge is -2.46. The van der Waals surface area contributed by atoms with E-state index in [1.54, 1.807) is 6.92 Å². The highest BCUT2D eigenvalue weighted by atomic mass is 16.5. The zero-order valence-electron chi connectivity index (χ0n) is 20.3. The Morgan fingerprint density at radius 1 is 1.15 bits per heavy atom. The van der Waals surface area contributed by atoms with E-state index in [1.807, 2.05) is 31.2 Å². The van der Waals surface area contributed by atoms with Crippen molar-refractivity contribution in [2.75, 3.05) is 26.2 Å². The molecule has 2 N–H and O–H groups in total. The number of rotatable bonds is 10. The summed E-state index contributed by atoms with van der Waals surface area (Å²) in [4.78, 5) is 28.3. The Kier molecular flexibility index (Phi) is 6.96. The summed E-state index contributed by atoms with van der Waals surface area (Å²) in [7, 11) is 0. The van der Waals surface area contributed by atoms with Crippen LogP contribution < -0.4 is 4.74 Å². The van der Waals surface area contributed by atoms with Crippen LogP contribution in [0.3, 0.4) is 0 Å². The van der Waals surface area contributed by atoms with E-state index in [9.17, 15) is 19.8 Å². The maximum Gasteiger partial charge on any atom is 0.352 e. The standard InChI is InChI=1S/C27H34N2O5/c1-5-28(6-2)14-13-18-9-7-11-20-19(18)10-8-12-22(20)34-15-21-16(3)24-23(17(4)30)26(31)29(24)25(21)27(32)33/h7-12,16-17,23-24,30H,5-6,13-15H2,1-4H3,(H,32,33)/t16-,17+,23+,24+/m0/s1. The van der Waals surface area contributed by atoms with Crippen LogP contribution in [0.15, 0.2) is 47.7 Å². The number of hydrogen-bond acceptors (Lipinski definition) is 5. The van der Waals surface area contributed by atoms with Crippen LogP contribution in [-0.4, -0.2) is 70.3 Å². The van der Waals surface area contributed by atoms with Gasteiger partial charge in [-0.25, -0.2) is 4.79 Å². The molecule has 7 heteroatoms. The molecule has 2 aliphatic rings. The Labute approximate surface area is 200 Å². The van der Waals surface area contributed by atoms with Crippen molar-refractivity contribution >= 4 is 22.6 Å². The van der Waals surface area contributed by atoms with Gasteiger partial charge in [0, 0.05) is 23.4 Å². The lowest BCUT2D eigenvalue weighted by molar-refractivity contribution is -0.163. The number of aliphatic hydroxyl groups is 1. The average Bonchev–Trinajstić information content (AvgIpc) is 3.06. The Hall–Kier alpha value is -2.90. The average molecular weight is 467 g/mol. The highest BCUT2D eigenvalue weighted by molar-refractivity contribution is 6.00. The number of fused-ring (bicyclic) bond motifs is 2. The van der Waals surface area contributed by atoms with Crippen molar-refractivity contribution in [2.45, 2.75) is 46.3 Å². The molecule has 1 amide bonds. The zero-order valence-corrected chi connectivity index (χ0v) is 20.3. The Balaban J connectivity index is 1.58. The Morgan fingerprint density at radius 3 is 2.47 bits per heavy atom. The second-order valence-electron chi connectivity index (χ2n) is 9.27. The molecule has 2 aromatic carbocycles. The molecule has 1 saturated heterocycles. The first kappa shape index (κ1) is 24.2. The van der Waals surface area contributed by atoms with Gasteiger partial charge in [-0.3, -0.25) is 4.79 Å². The van der Waals surface area contributed by atoms with Crippen LogP contribution in [0.25, 0.3) is 10.8 Å². The number of nitrogens with zero attached hydrogens (tertiary/aromatic N) is 2. The number of likely N-dealkylation sites (N-methyl/N-ethyl adjacent to an activating group) is 1. The number of carboxylic acid groups (broad SMARTS) is 1. The van der Waals surface area contributed by atoms with E-state index in [0.717, 1.165) is 36.8 Å². The number of amides is 1. The van der Waals surface area contributed by atoms with Gasteiger partial charge in [0.1, 0.15) is 18.1 Å². The molecule has 2 aromatic rings. The van der Waals surface area contributed by atoms with E-state index < -0.39 is 18.0 Å². The van der Waals surface area contributed by atoms with Gasteiger partial charge in [-0.1, -0.05) is 51.1 Å². The van der Waals surface area contributed by atoms with Crippen molar-refractivity contribution in [2.24, 2.45) is 11.8 Å². The molecule has 0 radical (unpaired) electrons. The van der Waals surface area contributed by atoms with E-state index in [0.29, 0.717) is 11.3 Å². The van der Waals surface area contributed by atoms with Crippen LogP contribution in [0.2, 0.25) is 0 Å². The lowest BCUT2D eigenvalue weighted by Crippen LogP contribution is -2.63. The van der Waals surface area contributed by atoms with E-state index in [4.69, 9.17) is 4.74 Å². The first-order chi connectivity index (χ1) is 16.3. The van der Waals surface area contributed by atoms with Gasteiger partial charge in [0.2, 0.25) is 5.91 Å². The predicted octanol–water partition coefficient (Wildman–Crippen LogP) is 3.30. The minimum Gasteiger partial charge on any atom is -0.488 e. The molecule has 0 saturated carbocycles. The van der Waals surface area contributed by atoms with Gasteiger partial charge in [-0.15, -0.1) is 0 Å². The molecular formula is C27H34N2O5. The van der Waals surface area contributed by atoms with Crippen molar-refractivity contribution in [3.63, 3.8) is 0 Å². The SMILES string of the molecule is CCN(CC)CCc1cccc2c(OCC3=C(C(=O)O)N4C(=O)[C@H]([C@@H](C)O)[C@H]4[C@H]3C)cccc12. The van der Waals surface area contributed by atoms with Gasteiger partial charge in [-0.2, -0.15) is 0 Å². The van der Waals surface area contributed by atoms with Gasteiger partial charge in [0.15, 0.2) is 0 Å². The molecule has 2 heterocycles. The normalized spacial score (nSPS) is 22.8. The smallest absolute Gasteiger partial charge is 0.352 e. The summed E-state index contributed by atoms with van der Waals surface area (Å²) in [5, 5.41) is 22.0. The molecule has 0 bridgehead atoms. The molecule has 0 aromatic heterocycles. The highest BCUT2D eigenvalue weighted by Gasteiger charge is 2.59. The minimum atomic E-state index is -1.14. The first-order valence-corrected chi connectivity index (χ1v) is 12.1. The van der Waals surface area contributed by atoms with Crippen LogP contribution in [0.4, 0.5) is 0 Å². The molecule has 4 atom stereocenters. The molecule has 182 valence electrons. The number of carbonyl (C=O) groups is 2. The monoisotopic (exact) mass is 466 g/mol.